The van der Waals surface area contributed by atoms with Crippen LogP contribution in [0.25, 0.3) is 67.1 Å². The van der Waals surface area contributed by atoms with Gasteiger partial charge in [0.1, 0.15) is 11.6 Å². The van der Waals surface area contributed by atoms with Crippen molar-refractivity contribution in [2.24, 2.45) is 7.05 Å². The second kappa shape index (κ2) is 12.3. The van der Waals surface area contributed by atoms with Crippen LogP contribution >= 0.6 is 0 Å². The summed E-state index contributed by atoms with van der Waals surface area (Å²) in [6, 6.07) is 42.7. The van der Waals surface area contributed by atoms with Crippen molar-refractivity contribution in [1.82, 2.24) is 14.5 Å². The van der Waals surface area contributed by atoms with Crippen LogP contribution in [0.15, 0.2) is 128 Å². The van der Waals surface area contributed by atoms with Crippen LogP contribution in [-0.4, -0.2) is 27.7 Å². The molecule has 0 aliphatic carbocycles. The number of hydrogen-bond acceptors (Lipinski definition) is 3. The smallest absolute Gasteiger partial charge is 0.144 e. The summed E-state index contributed by atoms with van der Waals surface area (Å²) in [6.07, 6.45) is 1.91. The molecule has 0 aliphatic heterocycles. The molecule has 49 heavy (non-hydrogen) atoms. The number of phenolic OH excluding ortho intramolecular Hbond substituents is 1. The zero-order valence-corrected chi connectivity index (χ0v) is 30.4. The zero-order chi connectivity index (χ0) is 34.5. The molecule has 7 aromatic rings. The molecule has 244 valence electrons. The number of phenols is 1. The second-order valence-electron chi connectivity index (χ2n) is 15.1. The van der Waals surface area contributed by atoms with Crippen LogP contribution in [-0.2, 0) is 12.5 Å². The predicted octanol–water partition coefficient (Wildman–Crippen LogP) is 10.9. The summed E-state index contributed by atoms with van der Waals surface area (Å²) in [7, 11) is 0.639. The average molecular weight is 658 g/mol. The molecule has 0 radical (unpaired) electrons. The number of pyridine rings is 1. The van der Waals surface area contributed by atoms with E-state index in [1.54, 1.807) is 6.07 Å². The summed E-state index contributed by atoms with van der Waals surface area (Å²) in [5.74, 6) is 0.961. The maximum Gasteiger partial charge on any atom is 0.144 e. The van der Waals surface area contributed by atoms with E-state index in [0.29, 0.717) is 0 Å². The number of rotatable bonds is 6. The number of imidazole rings is 1. The number of nitrogens with zero attached hydrogens (tertiary/aromatic N) is 3. The maximum absolute atomic E-state index is 11.0. The lowest BCUT2D eigenvalue weighted by Gasteiger charge is -2.20. The molecule has 0 fully saturated rings. The maximum atomic E-state index is 11.0. The fraction of sp³-hybridized carbons (Fsp3) is 0.182. The lowest BCUT2D eigenvalue weighted by molar-refractivity contribution is 0.475. The topological polar surface area (TPSA) is 50.9 Å². The van der Waals surface area contributed by atoms with E-state index in [4.69, 9.17) is 9.97 Å². The fourth-order valence-corrected chi connectivity index (χ4v) is 7.70. The van der Waals surface area contributed by atoms with Crippen molar-refractivity contribution in [1.29, 1.82) is 0 Å². The Kier molecular flexibility index (Phi) is 8.12. The molecule has 0 spiro atoms. The number of aromatic nitrogens is 3. The summed E-state index contributed by atoms with van der Waals surface area (Å²) >= 11 is 0. The zero-order valence-electron chi connectivity index (χ0n) is 29.4. The van der Waals surface area contributed by atoms with E-state index in [2.05, 4.69) is 148 Å². The molecule has 0 aliphatic rings. The quantitative estimate of drug-likeness (QED) is 0.181. The van der Waals surface area contributed by atoms with E-state index in [1.165, 1.54) is 10.8 Å². The van der Waals surface area contributed by atoms with Gasteiger partial charge in [0, 0.05) is 24.4 Å². The van der Waals surface area contributed by atoms with Gasteiger partial charge >= 0.3 is 0 Å². The standard InChI is InChI=1S/C44H43N3OSi/c1-44(2,3)35-18-21-41(48)38(28-35)43-46-42-37(14-11-15-40(42)47(43)4)33-24-32(29-12-9-8-10-13-29)25-34(26-33)39-27-31(22-23-45-39)30-16-19-36(20-17-30)49(5,6)7/h8-28,48H,1-7H3. The number of aromatic hydroxyl groups is 1. The number of benzene rings is 5. The Balaban J connectivity index is 1.38. The van der Waals surface area contributed by atoms with Crippen LogP contribution < -0.4 is 5.19 Å². The predicted molar refractivity (Wildman–Crippen MR) is 209 cm³/mol. The Hall–Kier alpha value is -5.26. The minimum atomic E-state index is -1.38. The van der Waals surface area contributed by atoms with Gasteiger partial charge in [-0.1, -0.05) is 118 Å². The van der Waals surface area contributed by atoms with Crippen LogP contribution in [0.5, 0.6) is 5.75 Å². The van der Waals surface area contributed by atoms with Gasteiger partial charge in [0.2, 0.25) is 0 Å². The van der Waals surface area contributed by atoms with E-state index in [0.717, 1.165) is 67.1 Å². The first-order valence-corrected chi connectivity index (χ1v) is 20.4. The largest absolute Gasteiger partial charge is 0.507 e. The summed E-state index contributed by atoms with van der Waals surface area (Å²) in [5, 5.41) is 12.5. The first kappa shape index (κ1) is 32.3. The molecule has 5 heteroatoms. The lowest BCUT2D eigenvalue weighted by atomic mass is 9.86. The van der Waals surface area contributed by atoms with Gasteiger partial charge in [-0.25, -0.2) is 4.98 Å². The van der Waals surface area contributed by atoms with Crippen molar-refractivity contribution in [3.05, 3.63) is 133 Å². The van der Waals surface area contributed by atoms with E-state index < -0.39 is 8.07 Å². The normalized spacial score (nSPS) is 12.1. The van der Waals surface area contributed by atoms with Gasteiger partial charge in [0.15, 0.2) is 0 Å². The van der Waals surface area contributed by atoms with Crippen LogP contribution in [0.2, 0.25) is 19.6 Å². The Morgan fingerprint density at radius 2 is 1.31 bits per heavy atom. The van der Waals surface area contributed by atoms with E-state index >= 15 is 0 Å². The van der Waals surface area contributed by atoms with E-state index in [9.17, 15) is 5.11 Å². The minimum Gasteiger partial charge on any atom is -0.507 e. The molecule has 0 atom stereocenters. The number of hydrogen-bond donors (Lipinski definition) is 1. The number of aryl methyl sites for hydroxylation is 1. The molecule has 5 aromatic carbocycles. The molecule has 0 bridgehead atoms. The highest BCUT2D eigenvalue weighted by atomic mass is 28.3. The Morgan fingerprint density at radius 1 is 0.612 bits per heavy atom. The molecule has 2 aromatic heterocycles. The summed E-state index contributed by atoms with van der Waals surface area (Å²) in [4.78, 5) is 10.1. The highest BCUT2D eigenvalue weighted by Gasteiger charge is 2.21. The van der Waals surface area contributed by atoms with Crippen LogP contribution in [0.4, 0.5) is 0 Å². The summed E-state index contributed by atoms with van der Waals surface area (Å²) in [6.45, 7) is 13.7. The molecular weight excluding hydrogens is 615 g/mol. The van der Waals surface area contributed by atoms with Crippen molar-refractivity contribution in [2.45, 2.75) is 45.8 Å². The van der Waals surface area contributed by atoms with Crippen molar-refractivity contribution < 1.29 is 5.11 Å². The van der Waals surface area contributed by atoms with Gasteiger partial charge in [-0.2, -0.15) is 0 Å². The van der Waals surface area contributed by atoms with Gasteiger partial charge < -0.3 is 9.67 Å². The molecule has 7 rings (SSSR count). The van der Waals surface area contributed by atoms with Crippen molar-refractivity contribution in [2.75, 3.05) is 0 Å². The van der Waals surface area contributed by atoms with Crippen molar-refractivity contribution in [3.63, 3.8) is 0 Å². The monoisotopic (exact) mass is 657 g/mol. The molecule has 0 unspecified atom stereocenters. The molecule has 0 saturated carbocycles. The van der Waals surface area contributed by atoms with Gasteiger partial charge in [-0.3, -0.25) is 4.98 Å². The first-order valence-electron chi connectivity index (χ1n) is 16.9. The van der Waals surface area contributed by atoms with E-state index in [-0.39, 0.29) is 11.2 Å². The Morgan fingerprint density at radius 3 is 2.02 bits per heavy atom. The van der Waals surface area contributed by atoms with Gasteiger partial charge in [-0.15, -0.1) is 0 Å². The van der Waals surface area contributed by atoms with Gasteiger partial charge in [0.05, 0.1) is 30.4 Å². The number of fused-ring (bicyclic) bond motifs is 1. The average Bonchev–Trinajstić information content (AvgIpc) is 3.43. The van der Waals surface area contributed by atoms with Crippen molar-refractivity contribution in [3.8, 4) is 61.8 Å². The fourth-order valence-electron chi connectivity index (χ4n) is 6.53. The van der Waals surface area contributed by atoms with Crippen molar-refractivity contribution >= 4 is 24.3 Å². The highest BCUT2D eigenvalue weighted by molar-refractivity contribution is 6.88. The molecule has 2 heterocycles. The Labute approximate surface area is 290 Å². The van der Waals surface area contributed by atoms with Gasteiger partial charge in [0.25, 0.3) is 0 Å². The molecule has 4 nitrogen and oxygen atoms in total. The third-order valence-corrected chi connectivity index (χ3v) is 11.6. The van der Waals surface area contributed by atoms with Crippen LogP contribution in [0.1, 0.15) is 26.3 Å². The highest BCUT2D eigenvalue weighted by Crippen LogP contribution is 2.39. The SMILES string of the molecule is Cn1c(-c2cc(C(C)(C)C)ccc2O)nc2c(-c3cc(-c4ccccc4)cc(-c4cc(-c5ccc([Si](C)(C)C)cc5)ccn4)c3)cccc21. The minimum absolute atomic E-state index is 0.0603. The van der Waals surface area contributed by atoms with E-state index in [1.807, 2.05) is 25.4 Å². The van der Waals surface area contributed by atoms with Gasteiger partial charge in [-0.05, 0) is 87.3 Å². The third-order valence-electron chi connectivity index (χ3n) is 9.51. The molecule has 0 saturated heterocycles. The first-order chi connectivity index (χ1) is 23.4. The molecular formula is C44H43N3OSi. The second-order valence-corrected chi connectivity index (χ2v) is 20.1. The molecule has 1 N–H and O–H groups in total. The molecule has 0 amide bonds. The Bertz CT molecular complexity index is 2310. The lowest BCUT2D eigenvalue weighted by Crippen LogP contribution is -2.37. The van der Waals surface area contributed by atoms with Crippen LogP contribution in [0, 0.1) is 0 Å². The third kappa shape index (κ3) is 6.34. The summed E-state index contributed by atoms with van der Waals surface area (Å²) in [5.41, 5.74) is 12.4. The number of para-hydroxylation sites is 1. The summed E-state index contributed by atoms with van der Waals surface area (Å²) < 4.78 is 2.08. The van der Waals surface area contributed by atoms with Crippen LogP contribution in [0.3, 0.4) is 0 Å².